The molecule has 132 heavy (non-hydrogen) atoms. The van der Waals surface area contributed by atoms with Gasteiger partial charge in [-0.25, -0.2) is 14.4 Å². The summed E-state index contributed by atoms with van der Waals surface area (Å²) in [6, 6.07) is -8.16. The fourth-order valence-electron chi connectivity index (χ4n) is 12.7. The minimum Gasteiger partial charge on any atom is -0.481 e. The van der Waals surface area contributed by atoms with E-state index in [-0.39, 0.29) is 154 Å². The number of carbonyl (C=O) groups excluding carboxylic acids is 15. The summed E-state index contributed by atoms with van der Waals surface area (Å²) < 4.78 is 36.5. The number of ether oxygens (including phenoxy) is 6. The second kappa shape index (κ2) is 57.3. The van der Waals surface area contributed by atoms with E-state index >= 15 is 4.79 Å². The number of carboxylic acids is 2. The number of nitrogens with zero attached hydrogens (tertiary/aromatic N) is 6. The van der Waals surface area contributed by atoms with Crippen LogP contribution in [0.1, 0.15) is 183 Å². The molecule has 12 amide bonds. The standard InChI is InChI=1S/C80H121N21O28S3/c1-42(2)67(88-45(7)102)75(118)92-48(15-9-12-32-87-56(105)21-26-63(112)126-38-66-129-58(40-132-66)101-35-29-53(83)96-80(101)123)73(116)98-69(44(5)6)77(120)93-49(16-10-13-31-85-54(103)19-24-61(110)124-36-64(130)127-41-99-33-27-51(81)94-78(99)121)74(117)97-68(43(3)4)76(119)91-47(71(114)90-50(18-23-60(108)109)72(115)89-46(70(84)113)17-22-59(106)107)14-8-11-30-86-55(104)20-25-62(111)125-37-65-128-57(39-131-65)100-34-28-52(82)95-79(100)122/h27-29,33-35,42-44,46-50,57-58,64-69,130H,8-26,30-32,36-41H2,1-7H3,(H2,84,113)(H,85,103)(H,86,104)(H,87,105)(H,88,102)(H,89,115)(H,90,114)(H,91,119)(H,92,118)(H,93,120)(H,97,117)(H,98,116)(H,106,107)(H,108,109)(H2,81,94,121)(H2,82,95,122)(H2,83,96,123)/t46-,47-,48-,49-,50-,57+,58+,64?,65-,66-,67-,68-,69-/m0/s1. The summed E-state index contributed by atoms with van der Waals surface area (Å²) in [5, 5.41) is 47.5. The number of amides is 12. The number of carbonyl (C=O) groups is 17. The fourth-order valence-corrected chi connectivity index (χ4v) is 14.8. The van der Waals surface area contributed by atoms with Gasteiger partial charge in [-0.05, 0) is 107 Å². The van der Waals surface area contributed by atoms with Crippen LogP contribution in [0, 0.1) is 17.8 Å². The van der Waals surface area contributed by atoms with Crippen molar-refractivity contribution in [3.05, 3.63) is 68.2 Å². The Labute approximate surface area is 772 Å². The van der Waals surface area contributed by atoms with Gasteiger partial charge in [0.25, 0.3) is 0 Å². The van der Waals surface area contributed by atoms with Crippen LogP contribution >= 0.6 is 36.2 Å². The molecule has 3 aromatic rings. The summed E-state index contributed by atoms with van der Waals surface area (Å²) in [6.07, 6.45) is -1.91. The number of aliphatic carboxylic acids is 2. The molecule has 2 aliphatic rings. The number of nitrogen functional groups attached to an aromatic ring is 3. The molecule has 49 nitrogen and oxygen atoms in total. The van der Waals surface area contributed by atoms with E-state index in [1.165, 1.54) is 90.2 Å². The third-order valence-electron chi connectivity index (χ3n) is 19.9. The van der Waals surface area contributed by atoms with Gasteiger partial charge in [-0.2, -0.15) is 15.0 Å². The molecular formula is C80H121N21O28S3. The molecular weight excluding hydrogens is 1800 g/mol. The highest BCUT2D eigenvalue weighted by Gasteiger charge is 2.39. The van der Waals surface area contributed by atoms with Crippen molar-refractivity contribution in [2.45, 2.75) is 254 Å². The monoisotopic (exact) mass is 1920 g/mol. The number of nitrogens with two attached hydrogens (primary N) is 4. The van der Waals surface area contributed by atoms with Crippen LogP contribution in [-0.4, -0.2) is 255 Å². The highest BCUT2D eigenvalue weighted by molar-refractivity contribution is 8.00. The Bertz CT molecular complexity index is 4660. The molecule has 0 aliphatic carbocycles. The Kier molecular flexibility index (Phi) is 48.0. The number of rotatable bonds is 60. The minimum absolute atomic E-state index is 0.00795. The maximum Gasteiger partial charge on any atom is 0.351 e. The highest BCUT2D eigenvalue weighted by atomic mass is 32.2. The SMILES string of the molecule is CC(=O)N[C@H](C(=O)N[C@@H](CCCCNC(=O)CCC(=O)OC[C@H]1O[C@@H](n2ccc(N)nc2=O)CS1)C(=O)N[C@H](C(=O)N[C@@H](CCCCNC(=O)CCC(=O)OCC(S)OCn1ccc(N)nc1=O)C(=O)N[C@H](C(=O)N[C@@H](CCCCNC(=O)CCC(=O)OC[C@H]1O[C@@H](n2ccc(N)nc2=O)CS1)C(=O)N[C@@H](CCC(=O)O)C(=O)N[C@@H](CCC(=O)O)C(N)=O)C(C)C)C(C)C)C(C)C. The zero-order valence-corrected chi connectivity index (χ0v) is 76.8. The van der Waals surface area contributed by atoms with Crippen LogP contribution in [0.4, 0.5) is 17.5 Å². The third kappa shape index (κ3) is 41.2. The van der Waals surface area contributed by atoms with Gasteiger partial charge in [0, 0.05) is 88.8 Å². The van der Waals surface area contributed by atoms with Crippen LogP contribution in [0.5, 0.6) is 0 Å². The fraction of sp³-hybridized carbons (Fsp3) is 0.637. The average Bonchev–Trinajstić information content (AvgIpc) is 1.64. The van der Waals surface area contributed by atoms with E-state index in [2.05, 4.69) is 86.1 Å². The molecule has 732 valence electrons. The highest BCUT2D eigenvalue weighted by Crippen LogP contribution is 2.33. The molecule has 0 saturated carbocycles. The van der Waals surface area contributed by atoms with Crippen molar-refractivity contribution in [1.29, 1.82) is 0 Å². The van der Waals surface area contributed by atoms with Crippen molar-refractivity contribution >= 4 is 154 Å². The van der Waals surface area contributed by atoms with Crippen molar-refractivity contribution in [2.24, 2.45) is 23.5 Å². The van der Waals surface area contributed by atoms with Crippen molar-refractivity contribution < 1.29 is 120 Å². The largest absolute Gasteiger partial charge is 0.481 e. The Hall–Kier alpha value is -12.0. The lowest BCUT2D eigenvalue weighted by Crippen LogP contribution is -2.61. The van der Waals surface area contributed by atoms with Crippen molar-refractivity contribution in [3.8, 4) is 0 Å². The quantitative estimate of drug-likeness (QED) is 0.00871. The molecule has 52 heteroatoms. The van der Waals surface area contributed by atoms with E-state index in [1.807, 2.05) is 0 Å². The van der Waals surface area contributed by atoms with E-state index in [4.69, 9.17) is 51.4 Å². The summed E-state index contributed by atoms with van der Waals surface area (Å²) in [5.74, 6) is -17.0. The number of nitrogens with one attached hydrogen (secondary N) is 11. The second-order valence-electron chi connectivity index (χ2n) is 31.7. The third-order valence-corrected chi connectivity index (χ3v) is 22.4. The normalized spacial score (nSPS) is 16.6. The summed E-state index contributed by atoms with van der Waals surface area (Å²) in [7, 11) is 0. The molecule has 21 N–H and O–H groups in total. The summed E-state index contributed by atoms with van der Waals surface area (Å²) in [4.78, 5) is 275. The van der Waals surface area contributed by atoms with Gasteiger partial charge >= 0.3 is 46.9 Å². The van der Waals surface area contributed by atoms with Gasteiger partial charge in [0.05, 0.1) is 19.3 Å². The molecule has 2 saturated heterocycles. The molecule has 2 fully saturated rings. The lowest BCUT2D eigenvalue weighted by atomic mass is 9.98. The number of thioether (sulfide) groups is 2. The van der Waals surface area contributed by atoms with E-state index in [9.17, 15) is 101 Å². The van der Waals surface area contributed by atoms with Crippen LogP contribution < -0.4 is 98.5 Å². The van der Waals surface area contributed by atoms with Gasteiger partial charge in [0.2, 0.25) is 70.9 Å². The van der Waals surface area contributed by atoms with E-state index in [1.54, 1.807) is 27.7 Å². The lowest BCUT2D eigenvalue weighted by Gasteiger charge is -2.30. The maximum atomic E-state index is 15.0. The van der Waals surface area contributed by atoms with Gasteiger partial charge in [-0.1, -0.05) is 41.5 Å². The average molecular weight is 1920 g/mol. The number of aromatic nitrogens is 6. The molecule has 2 aliphatic heterocycles. The van der Waals surface area contributed by atoms with Gasteiger partial charge in [-0.15, -0.1) is 36.2 Å². The predicted octanol–water partition coefficient (Wildman–Crippen LogP) is -3.18. The lowest BCUT2D eigenvalue weighted by molar-refractivity contribution is -0.148. The van der Waals surface area contributed by atoms with Crippen LogP contribution in [-0.2, 0) is 117 Å². The number of carboxylic acid groups (broad SMARTS) is 2. The Morgan fingerprint density at radius 1 is 0.447 bits per heavy atom. The first-order valence-corrected chi connectivity index (χ1v) is 45.3. The summed E-state index contributed by atoms with van der Waals surface area (Å²) in [6.45, 7) is 9.41. The van der Waals surface area contributed by atoms with Gasteiger partial charge < -0.3 is 120 Å². The van der Waals surface area contributed by atoms with E-state index in [0.717, 1.165) is 4.57 Å². The zero-order chi connectivity index (χ0) is 97.8. The Balaban J connectivity index is 1.33. The van der Waals surface area contributed by atoms with Crippen LogP contribution in [0.2, 0.25) is 0 Å². The number of unbranched alkanes of at least 4 members (excludes halogenated alkanes) is 3. The Morgan fingerprint density at radius 3 is 1.14 bits per heavy atom. The van der Waals surface area contributed by atoms with Gasteiger partial charge in [0.15, 0.2) is 0 Å². The molecule has 0 spiro atoms. The molecule has 5 heterocycles. The first-order valence-electron chi connectivity index (χ1n) is 42.7. The first kappa shape index (κ1) is 110. The molecule has 1 unspecified atom stereocenters. The smallest absolute Gasteiger partial charge is 0.351 e. The second-order valence-corrected chi connectivity index (χ2v) is 34.6. The van der Waals surface area contributed by atoms with Gasteiger partial charge in [-0.3, -0.25) is 95.2 Å². The van der Waals surface area contributed by atoms with Crippen LogP contribution in [0.3, 0.4) is 0 Å². The predicted molar refractivity (Wildman–Crippen MR) is 475 cm³/mol. The van der Waals surface area contributed by atoms with E-state index in [0.29, 0.717) is 11.5 Å². The number of hydrogen-bond acceptors (Lipinski definition) is 35. The number of hydrogen-bond donors (Lipinski definition) is 18. The first-order chi connectivity index (χ1) is 62.5. The molecule has 0 aromatic carbocycles. The summed E-state index contributed by atoms with van der Waals surface area (Å²) >= 11 is 6.78. The molecule has 13 atom stereocenters. The minimum atomic E-state index is -1.79. The molecule has 3 aromatic heterocycles. The van der Waals surface area contributed by atoms with Crippen LogP contribution in [0.15, 0.2) is 51.2 Å². The number of esters is 3. The summed E-state index contributed by atoms with van der Waals surface area (Å²) in [5.41, 5.74) is 18.0. The maximum absolute atomic E-state index is 15.0. The molecule has 0 radical (unpaired) electrons. The molecule has 5 rings (SSSR count). The Morgan fingerprint density at radius 2 is 0.780 bits per heavy atom. The number of primary amides is 1. The van der Waals surface area contributed by atoms with Crippen molar-refractivity contribution in [2.75, 3.05) is 68.2 Å². The number of thiol groups is 1. The van der Waals surface area contributed by atoms with Crippen molar-refractivity contribution in [1.82, 2.24) is 87.1 Å². The van der Waals surface area contributed by atoms with Crippen LogP contribution in [0.25, 0.3) is 0 Å². The topological polar surface area (TPSA) is 727 Å². The number of anilines is 3. The zero-order valence-electron chi connectivity index (χ0n) is 74.3. The molecule has 0 bridgehead atoms. The van der Waals surface area contributed by atoms with E-state index < -0.39 is 245 Å². The van der Waals surface area contributed by atoms with Gasteiger partial charge in [0.1, 0.15) is 121 Å². The van der Waals surface area contributed by atoms with Crippen molar-refractivity contribution in [3.63, 3.8) is 0 Å².